The van der Waals surface area contributed by atoms with Gasteiger partial charge in [-0.3, -0.25) is 4.98 Å². The van der Waals surface area contributed by atoms with E-state index >= 15 is 0 Å². The third-order valence-electron chi connectivity index (χ3n) is 2.59. The van der Waals surface area contributed by atoms with Crippen LogP contribution in [0.2, 0.25) is 0 Å². The van der Waals surface area contributed by atoms with Crippen LogP contribution >= 0.6 is 12.2 Å². The summed E-state index contributed by atoms with van der Waals surface area (Å²) in [5.41, 5.74) is 9.16. The molecule has 0 saturated carbocycles. The Hall–Kier alpha value is -0.960. The maximum Gasteiger partial charge on any atom is 0.0787 e. The molecule has 2 nitrogen and oxygen atoms in total. The van der Waals surface area contributed by atoms with Crippen molar-refractivity contribution in [1.29, 1.82) is 0 Å². The summed E-state index contributed by atoms with van der Waals surface area (Å²) in [6.45, 7) is 0. The Bertz CT molecular complexity index is 360. The summed E-state index contributed by atoms with van der Waals surface area (Å²) in [6.07, 6.45) is 5.47. The Morgan fingerprint density at radius 3 is 2.93 bits per heavy atom. The van der Waals surface area contributed by atoms with Gasteiger partial charge in [-0.05, 0) is 37.3 Å². The molecule has 0 amide bonds. The number of hydrogen-bond acceptors (Lipinski definition) is 2. The predicted octanol–water partition coefficient (Wildman–Crippen LogP) is 1.79. The molecule has 1 aliphatic carbocycles. The standard InChI is InChI=1S/C11H14N2S/c12-11(14)7-9-6-5-8-3-1-2-4-10(8)13-9/h5-6H,1-4,7H2,(H2,12,14). The Labute approximate surface area is 89.5 Å². The van der Waals surface area contributed by atoms with Gasteiger partial charge in [-0.1, -0.05) is 18.3 Å². The predicted molar refractivity (Wildman–Crippen MR) is 61.4 cm³/mol. The third-order valence-corrected chi connectivity index (χ3v) is 2.74. The molecule has 0 atom stereocenters. The monoisotopic (exact) mass is 206 g/mol. The number of aromatic nitrogens is 1. The van der Waals surface area contributed by atoms with E-state index in [9.17, 15) is 0 Å². The highest BCUT2D eigenvalue weighted by atomic mass is 32.1. The van der Waals surface area contributed by atoms with Gasteiger partial charge in [0.15, 0.2) is 0 Å². The lowest BCUT2D eigenvalue weighted by atomic mass is 9.96. The molecular weight excluding hydrogens is 192 g/mol. The summed E-state index contributed by atoms with van der Waals surface area (Å²) in [5.74, 6) is 0. The molecule has 0 unspecified atom stereocenters. The summed E-state index contributed by atoms with van der Waals surface area (Å²) in [7, 11) is 0. The van der Waals surface area contributed by atoms with Gasteiger partial charge in [0.25, 0.3) is 0 Å². The molecule has 0 saturated heterocycles. The maximum atomic E-state index is 5.49. The summed E-state index contributed by atoms with van der Waals surface area (Å²) in [4.78, 5) is 5.11. The van der Waals surface area contributed by atoms with Crippen LogP contribution in [0.5, 0.6) is 0 Å². The van der Waals surface area contributed by atoms with E-state index in [1.807, 2.05) is 6.07 Å². The van der Waals surface area contributed by atoms with Crippen molar-refractivity contribution in [2.24, 2.45) is 5.73 Å². The largest absolute Gasteiger partial charge is 0.393 e. The first-order valence-corrected chi connectivity index (χ1v) is 5.42. The third kappa shape index (κ3) is 2.10. The summed E-state index contributed by atoms with van der Waals surface area (Å²) >= 11 is 4.87. The molecule has 1 aliphatic rings. The number of aryl methyl sites for hydroxylation is 2. The van der Waals surface area contributed by atoms with Crippen molar-refractivity contribution in [3.05, 3.63) is 29.1 Å². The van der Waals surface area contributed by atoms with E-state index < -0.39 is 0 Å². The molecule has 3 heteroatoms. The van der Waals surface area contributed by atoms with Gasteiger partial charge in [-0.2, -0.15) is 0 Å². The molecule has 1 heterocycles. The maximum absolute atomic E-state index is 5.49. The lowest BCUT2D eigenvalue weighted by Gasteiger charge is -2.15. The quantitative estimate of drug-likeness (QED) is 0.750. The van der Waals surface area contributed by atoms with Crippen LogP contribution in [0.4, 0.5) is 0 Å². The molecule has 0 bridgehead atoms. The minimum atomic E-state index is 0.522. The molecule has 2 N–H and O–H groups in total. The zero-order valence-corrected chi connectivity index (χ0v) is 8.94. The van der Waals surface area contributed by atoms with E-state index in [1.165, 1.54) is 30.5 Å². The van der Waals surface area contributed by atoms with Gasteiger partial charge in [-0.25, -0.2) is 0 Å². The number of fused-ring (bicyclic) bond motifs is 1. The highest BCUT2D eigenvalue weighted by molar-refractivity contribution is 7.80. The molecule has 14 heavy (non-hydrogen) atoms. The molecule has 0 aromatic carbocycles. The van der Waals surface area contributed by atoms with Gasteiger partial charge in [0.1, 0.15) is 0 Å². The van der Waals surface area contributed by atoms with Gasteiger partial charge < -0.3 is 5.73 Å². The fourth-order valence-corrected chi connectivity index (χ4v) is 2.05. The van der Waals surface area contributed by atoms with Crippen LogP contribution in [0, 0.1) is 0 Å². The zero-order valence-electron chi connectivity index (χ0n) is 8.12. The Kier molecular flexibility index (Phi) is 2.77. The fourth-order valence-electron chi connectivity index (χ4n) is 1.90. The van der Waals surface area contributed by atoms with Crippen LogP contribution < -0.4 is 5.73 Å². The van der Waals surface area contributed by atoms with Crippen molar-refractivity contribution in [3.8, 4) is 0 Å². The molecular formula is C11H14N2S. The first-order chi connectivity index (χ1) is 6.75. The highest BCUT2D eigenvalue weighted by Gasteiger charge is 2.10. The zero-order chi connectivity index (χ0) is 9.97. The first-order valence-electron chi connectivity index (χ1n) is 5.01. The van der Waals surface area contributed by atoms with Crippen molar-refractivity contribution in [2.45, 2.75) is 32.1 Å². The molecule has 1 aromatic rings. The number of hydrogen-bond donors (Lipinski definition) is 1. The topological polar surface area (TPSA) is 38.9 Å². The van der Waals surface area contributed by atoms with Crippen LogP contribution in [0.1, 0.15) is 29.8 Å². The molecule has 0 radical (unpaired) electrons. The van der Waals surface area contributed by atoms with Gasteiger partial charge in [-0.15, -0.1) is 0 Å². The van der Waals surface area contributed by atoms with Crippen LogP contribution in [0.25, 0.3) is 0 Å². The molecule has 0 aliphatic heterocycles. The number of pyridine rings is 1. The van der Waals surface area contributed by atoms with Crippen LogP contribution in [0.3, 0.4) is 0 Å². The lowest BCUT2D eigenvalue weighted by Crippen LogP contribution is -2.14. The average molecular weight is 206 g/mol. The Morgan fingerprint density at radius 2 is 2.14 bits per heavy atom. The van der Waals surface area contributed by atoms with E-state index in [0.717, 1.165) is 12.1 Å². The number of nitrogens with two attached hydrogens (primary N) is 1. The summed E-state index contributed by atoms with van der Waals surface area (Å²) < 4.78 is 0. The van der Waals surface area contributed by atoms with E-state index in [1.54, 1.807) is 0 Å². The van der Waals surface area contributed by atoms with Gasteiger partial charge in [0.2, 0.25) is 0 Å². The normalized spacial score (nSPS) is 14.9. The fraction of sp³-hybridized carbons (Fsp3) is 0.455. The number of nitrogens with zero attached hydrogens (tertiary/aromatic N) is 1. The van der Waals surface area contributed by atoms with Gasteiger partial charge in [0.05, 0.1) is 4.99 Å². The summed E-state index contributed by atoms with van der Waals surface area (Å²) in [5, 5.41) is 0. The van der Waals surface area contributed by atoms with Crippen LogP contribution in [-0.2, 0) is 19.3 Å². The van der Waals surface area contributed by atoms with Crippen molar-refractivity contribution < 1.29 is 0 Å². The van der Waals surface area contributed by atoms with Gasteiger partial charge in [0, 0.05) is 17.8 Å². The molecule has 0 fully saturated rings. The van der Waals surface area contributed by atoms with E-state index in [2.05, 4.69) is 11.1 Å². The van der Waals surface area contributed by atoms with Crippen molar-refractivity contribution in [3.63, 3.8) is 0 Å². The lowest BCUT2D eigenvalue weighted by molar-refractivity contribution is 0.665. The van der Waals surface area contributed by atoms with E-state index in [4.69, 9.17) is 18.0 Å². The number of thiocarbonyl (C=S) groups is 1. The van der Waals surface area contributed by atoms with E-state index in [0.29, 0.717) is 11.4 Å². The van der Waals surface area contributed by atoms with Crippen molar-refractivity contribution >= 4 is 17.2 Å². The SMILES string of the molecule is NC(=S)Cc1ccc2c(n1)CCCC2. The second kappa shape index (κ2) is 4.05. The number of rotatable bonds is 2. The van der Waals surface area contributed by atoms with Crippen molar-refractivity contribution in [2.75, 3.05) is 0 Å². The van der Waals surface area contributed by atoms with Gasteiger partial charge >= 0.3 is 0 Å². The first kappa shape index (κ1) is 9.59. The van der Waals surface area contributed by atoms with Crippen LogP contribution in [0.15, 0.2) is 12.1 Å². The minimum Gasteiger partial charge on any atom is -0.393 e. The summed E-state index contributed by atoms with van der Waals surface area (Å²) in [6, 6.07) is 4.22. The molecule has 1 aromatic heterocycles. The molecule has 74 valence electrons. The minimum absolute atomic E-state index is 0.522. The van der Waals surface area contributed by atoms with Crippen LogP contribution in [-0.4, -0.2) is 9.97 Å². The Balaban J connectivity index is 2.24. The highest BCUT2D eigenvalue weighted by Crippen LogP contribution is 2.19. The second-order valence-electron chi connectivity index (χ2n) is 3.76. The second-order valence-corrected chi connectivity index (χ2v) is 4.28. The Morgan fingerprint density at radius 1 is 1.36 bits per heavy atom. The molecule has 0 spiro atoms. The van der Waals surface area contributed by atoms with Crippen molar-refractivity contribution in [1.82, 2.24) is 4.98 Å². The smallest absolute Gasteiger partial charge is 0.0787 e. The average Bonchev–Trinajstić information content (AvgIpc) is 2.17. The van der Waals surface area contributed by atoms with E-state index in [-0.39, 0.29) is 0 Å². The molecule has 2 rings (SSSR count).